The lowest BCUT2D eigenvalue weighted by atomic mass is 9.95. The third kappa shape index (κ3) is 3.82. The van der Waals surface area contributed by atoms with Crippen LogP contribution in [0.3, 0.4) is 0 Å². The van der Waals surface area contributed by atoms with Crippen LogP contribution >= 0.6 is 0 Å². The van der Waals surface area contributed by atoms with Crippen molar-refractivity contribution in [3.63, 3.8) is 0 Å². The Bertz CT molecular complexity index is 1140. The second kappa shape index (κ2) is 8.47. The fourth-order valence-electron chi connectivity index (χ4n) is 3.66. The Morgan fingerprint density at radius 2 is 1.84 bits per heavy atom. The molecule has 1 aromatic heterocycles. The Labute approximate surface area is 178 Å². The molecule has 0 radical (unpaired) electrons. The van der Waals surface area contributed by atoms with Crippen LogP contribution in [0.25, 0.3) is 5.76 Å². The highest BCUT2D eigenvalue weighted by Gasteiger charge is 2.47. The maximum atomic E-state index is 14.7. The second-order valence-corrected chi connectivity index (χ2v) is 6.99. The Kier molecular flexibility index (Phi) is 5.58. The van der Waals surface area contributed by atoms with Crippen molar-refractivity contribution in [3.8, 4) is 5.75 Å². The molecular formula is C24H20FNO5. The first kappa shape index (κ1) is 20.4. The average molecular weight is 421 g/mol. The van der Waals surface area contributed by atoms with Gasteiger partial charge in [0.15, 0.2) is 0 Å². The highest BCUT2D eigenvalue weighted by atomic mass is 19.1. The lowest BCUT2D eigenvalue weighted by Gasteiger charge is -2.24. The number of carbonyl (C=O) groups is 2. The van der Waals surface area contributed by atoms with Crippen molar-refractivity contribution >= 4 is 17.4 Å². The van der Waals surface area contributed by atoms with E-state index in [2.05, 4.69) is 0 Å². The zero-order valence-electron chi connectivity index (χ0n) is 16.7. The quantitative estimate of drug-likeness (QED) is 0.362. The zero-order chi connectivity index (χ0) is 22.0. The van der Waals surface area contributed by atoms with Crippen molar-refractivity contribution in [2.45, 2.75) is 19.5 Å². The van der Waals surface area contributed by atoms with Crippen LogP contribution in [0.1, 0.15) is 29.9 Å². The summed E-state index contributed by atoms with van der Waals surface area (Å²) >= 11 is 0. The smallest absolute Gasteiger partial charge is 0.296 e. The molecule has 7 heteroatoms. The molecule has 158 valence electrons. The minimum atomic E-state index is -1.10. The molecule has 1 atom stereocenters. The molecule has 31 heavy (non-hydrogen) atoms. The highest BCUT2D eigenvalue weighted by Crippen LogP contribution is 2.41. The van der Waals surface area contributed by atoms with Crippen LogP contribution in [0.15, 0.2) is 76.9 Å². The van der Waals surface area contributed by atoms with E-state index in [9.17, 15) is 19.1 Å². The number of halogens is 1. The molecule has 0 spiro atoms. The van der Waals surface area contributed by atoms with E-state index in [0.717, 1.165) is 0 Å². The second-order valence-electron chi connectivity index (χ2n) is 6.99. The molecular weight excluding hydrogens is 401 g/mol. The van der Waals surface area contributed by atoms with E-state index in [1.54, 1.807) is 42.5 Å². The topological polar surface area (TPSA) is 80.0 Å². The summed E-state index contributed by atoms with van der Waals surface area (Å²) in [5.74, 6) is -1.65. The zero-order valence-corrected chi connectivity index (χ0v) is 16.7. The SMILES string of the molecule is CCOc1ccc(C(O)=C2C(=O)C(=O)N(Cc3ccco3)[C@@H]2c2ccccc2F)cc1. The van der Waals surface area contributed by atoms with Crippen molar-refractivity contribution in [2.24, 2.45) is 0 Å². The number of aliphatic hydroxyl groups is 1. The number of nitrogens with zero attached hydrogens (tertiary/aromatic N) is 1. The molecule has 6 nitrogen and oxygen atoms in total. The number of likely N-dealkylation sites (tertiary alicyclic amines) is 1. The van der Waals surface area contributed by atoms with Gasteiger partial charge >= 0.3 is 0 Å². The van der Waals surface area contributed by atoms with Crippen molar-refractivity contribution in [1.82, 2.24) is 4.90 Å². The first-order valence-electron chi connectivity index (χ1n) is 9.79. The summed E-state index contributed by atoms with van der Waals surface area (Å²) in [7, 11) is 0. The molecule has 2 heterocycles. The summed E-state index contributed by atoms with van der Waals surface area (Å²) in [4.78, 5) is 27.0. The molecule has 1 amide bonds. The van der Waals surface area contributed by atoms with Gasteiger partial charge in [-0.15, -0.1) is 0 Å². The molecule has 0 unspecified atom stereocenters. The Balaban J connectivity index is 1.84. The van der Waals surface area contributed by atoms with Gasteiger partial charge in [0.25, 0.3) is 11.7 Å². The van der Waals surface area contributed by atoms with Crippen molar-refractivity contribution < 1.29 is 28.2 Å². The van der Waals surface area contributed by atoms with Crippen molar-refractivity contribution in [3.05, 3.63) is 95.2 Å². The number of hydrogen-bond acceptors (Lipinski definition) is 5. The molecule has 0 aliphatic carbocycles. The number of furan rings is 1. The van der Waals surface area contributed by atoms with Crippen molar-refractivity contribution in [2.75, 3.05) is 6.61 Å². The van der Waals surface area contributed by atoms with E-state index in [0.29, 0.717) is 23.7 Å². The largest absolute Gasteiger partial charge is 0.507 e. The van der Waals surface area contributed by atoms with Gasteiger partial charge in [0.05, 0.1) is 31.0 Å². The third-order valence-electron chi connectivity index (χ3n) is 5.08. The van der Waals surface area contributed by atoms with Gasteiger partial charge in [0.2, 0.25) is 0 Å². The first-order chi connectivity index (χ1) is 15.0. The minimum absolute atomic E-state index is 0.0450. The lowest BCUT2D eigenvalue weighted by Crippen LogP contribution is -2.29. The van der Waals surface area contributed by atoms with E-state index in [4.69, 9.17) is 9.15 Å². The molecule has 2 aromatic carbocycles. The van der Waals surface area contributed by atoms with E-state index in [1.165, 1.54) is 29.4 Å². The highest BCUT2D eigenvalue weighted by molar-refractivity contribution is 6.46. The van der Waals surface area contributed by atoms with Gasteiger partial charge < -0.3 is 19.2 Å². The summed E-state index contributed by atoms with van der Waals surface area (Å²) < 4.78 is 25.4. The molecule has 1 N–H and O–H groups in total. The fourth-order valence-corrected chi connectivity index (χ4v) is 3.66. The van der Waals surface area contributed by atoms with Crippen molar-refractivity contribution in [1.29, 1.82) is 0 Å². The van der Waals surface area contributed by atoms with Crippen LogP contribution in [-0.2, 0) is 16.1 Å². The van der Waals surface area contributed by atoms with Gasteiger partial charge in [-0.2, -0.15) is 0 Å². The molecule has 1 fully saturated rings. The van der Waals surface area contributed by atoms with E-state index in [1.807, 2.05) is 6.92 Å². The number of Topliss-reactive ketones (excluding diaryl/α,β-unsaturated/α-hetero) is 1. The number of aliphatic hydroxyl groups excluding tert-OH is 1. The molecule has 1 saturated heterocycles. The van der Waals surface area contributed by atoms with E-state index < -0.39 is 23.5 Å². The van der Waals surface area contributed by atoms with E-state index in [-0.39, 0.29) is 23.4 Å². The predicted octanol–water partition coefficient (Wildman–Crippen LogP) is 4.44. The molecule has 1 aliphatic heterocycles. The fraction of sp³-hybridized carbons (Fsp3) is 0.167. The monoisotopic (exact) mass is 421 g/mol. The summed E-state index contributed by atoms with van der Waals surface area (Å²) in [5, 5.41) is 11.0. The number of ether oxygens (including phenoxy) is 1. The molecule has 0 bridgehead atoms. The van der Waals surface area contributed by atoms with Gasteiger partial charge in [-0.1, -0.05) is 18.2 Å². The number of ketones is 1. The molecule has 3 aromatic rings. The van der Waals surface area contributed by atoms with Crippen LogP contribution in [0.5, 0.6) is 5.75 Å². The lowest BCUT2D eigenvalue weighted by molar-refractivity contribution is -0.140. The van der Waals surface area contributed by atoms with Crippen LogP contribution in [0.2, 0.25) is 0 Å². The molecule has 0 saturated carbocycles. The maximum Gasteiger partial charge on any atom is 0.296 e. The van der Waals surface area contributed by atoms with Crippen LogP contribution < -0.4 is 4.74 Å². The number of amides is 1. The van der Waals surface area contributed by atoms with Crippen LogP contribution in [-0.4, -0.2) is 28.3 Å². The summed E-state index contributed by atoms with van der Waals surface area (Å²) in [5.41, 5.74) is 0.257. The Morgan fingerprint density at radius 1 is 1.10 bits per heavy atom. The van der Waals surface area contributed by atoms with Crippen LogP contribution in [0, 0.1) is 5.82 Å². The van der Waals surface area contributed by atoms with Gasteiger partial charge in [-0.25, -0.2) is 4.39 Å². The Morgan fingerprint density at radius 3 is 2.48 bits per heavy atom. The summed E-state index contributed by atoms with van der Waals surface area (Å²) in [6.45, 7) is 2.29. The first-order valence-corrected chi connectivity index (χ1v) is 9.79. The van der Waals surface area contributed by atoms with E-state index >= 15 is 0 Å². The van der Waals surface area contributed by atoms with Gasteiger partial charge in [-0.05, 0) is 49.4 Å². The number of rotatable bonds is 6. The predicted molar refractivity (Wildman–Crippen MR) is 111 cm³/mol. The standard InChI is InChI=1S/C24H20FNO5/c1-2-30-16-11-9-15(10-12-16)22(27)20-21(18-7-3-4-8-19(18)25)26(24(29)23(20)28)14-17-6-5-13-31-17/h3-13,21,27H,2,14H2,1H3/t21-/m1/s1. The minimum Gasteiger partial charge on any atom is -0.507 e. The third-order valence-corrected chi connectivity index (χ3v) is 5.08. The summed E-state index contributed by atoms with van der Waals surface area (Å²) in [6.07, 6.45) is 1.45. The average Bonchev–Trinajstić information content (AvgIpc) is 3.37. The number of hydrogen-bond donors (Lipinski definition) is 1. The summed E-state index contributed by atoms with van der Waals surface area (Å²) in [6, 6.07) is 14.5. The van der Waals surface area contributed by atoms with Crippen LogP contribution in [0.4, 0.5) is 4.39 Å². The number of benzene rings is 2. The Hall–Kier alpha value is -3.87. The normalized spacial score (nSPS) is 17.9. The number of carbonyl (C=O) groups excluding carboxylic acids is 2. The van der Waals surface area contributed by atoms with Gasteiger partial charge in [0.1, 0.15) is 23.1 Å². The van der Waals surface area contributed by atoms with Gasteiger partial charge in [0, 0.05) is 11.1 Å². The maximum absolute atomic E-state index is 14.7. The molecule has 4 rings (SSSR count). The van der Waals surface area contributed by atoms with Gasteiger partial charge in [-0.3, -0.25) is 9.59 Å². The molecule has 1 aliphatic rings.